The monoisotopic (exact) mass is 141 g/mol. The first-order valence-electron chi connectivity index (χ1n) is 2.85. The van der Waals surface area contributed by atoms with E-state index in [4.69, 9.17) is 5.26 Å². The lowest BCUT2D eigenvalue weighted by molar-refractivity contribution is -0.149. The summed E-state index contributed by atoms with van der Waals surface area (Å²) in [5, 5.41) is 7.81. The molecule has 0 amide bonds. The third kappa shape index (κ3) is 2.82. The van der Waals surface area contributed by atoms with Gasteiger partial charge < -0.3 is 4.74 Å². The van der Waals surface area contributed by atoms with Crippen molar-refractivity contribution in [3.63, 3.8) is 0 Å². The normalized spacial score (nSPS) is 8.00. The van der Waals surface area contributed by atoms with E-state index < -0.39 is 11.8 Å². The molecule has 0 saturated carbocycles. The Morgan fingerprint density at radius 2 is 2.20 bits per heavy atom. The second-order valence-electron chi connectivity index (χ2n) is 1.65. The van der Waals surface area contributed by atoms with E-state index in [0.29, 0.717) is 6.42 Å². The molecule has 0 spiro atoms. The molecular formula is C6H7NO3. The third-order valence-electron chi connectivity index (χ3n) is 0.843. The Hall–Kier alpha value is -1.37. The van der Waals surface area contributed by atoms with Gasteiger partial charge >= 0.3 is 5.97 Å². The Labute approximate surface area is 58.4 Å². The zero-order chi connectivity index (χ0) is 7.98. The molecule has 0 N–H and O–H groups in total. The molecule has 0 aliphatic rings. The number of nitrogens with zero attached hydrogens (tertiary/aromatic N) is 1. The van der Waals surface area contributed by atoms with Gasteiger partial charge in [0.1, 0.15) is 0 Å². The summed E-state index contributed by atoms with van der Waals surface area (Å²) in [6.07, 6.45) is 1.86. The van der Waals surface area contributed by atoms with Crippen molar-refractivity contribution in [2.24, 2.45) is 0 Å². The fourth-order valence-electron chi connectivity index (χ4n) is 0.427. The highest BCUT2D eigenvalue weighted by molar-refractivity contribution is 6.33. The molecule has 10 heavy (non-hydrogen) atoms. The van der Waals surface area contributed by atoms with Crippen LogP contribution in [0.25, 0.3) is 0 Å². The van der Waals surface area contributed by atoms with Crippen molar-refractivity contribution in [3.05, 3.63) is 0 Å². The van der Waals surface area contributed by atoms with E-state index in [1.54, 1.807) is 6.92 Å². The molecule has 54 valence electrons. The Kier molecular flexibility index (Phi) is 3.89. The van der Waals surface area contributed by atoms with Crippen molar-refractivity contribution in [3.8, 4) is 6.26 Å². The fourth-order valence-corrected chi connectivity index (χ4v) is 0.427. The molecule has 0 heterocycles. The molecule has 0 aliphatic carbocycles. The lowest BCUT2D eigenvalue weighted by atomic mass is 10.2. The average Bonchev–Trinajstić information content (AvgIpc) is 1.89. The maximum atomic E-state index is 10.5. The number of nitriles is 1. The minimum absolute atomic E-state index is 0.139. The highest BCUT2D eigenvalue weighted by Gasteiger charge is 2.13. The van der Waals surface area contributed by atoms with Gasteiger partial charge in [-0.3, -0.25) is 4.79 Å². The number of ketones is 1. The summed E-state index contributed by atoms with van der Waals surface area (Å²) in [7, 11) is 0. The predicted octanol–water partition coefficient (Wildman–Crippen LogP) is 0.380. The van der Waals surface area contributed by atoms with Crippen LogP contribution in [-0.2, 0) is 14.3 Å². The van der Waals surface area contributed by atoms with Crippen molar-refractivity contribution < 1.29 is 14.3 Å². The summed E-state index contributed by atoms with van der Waals surface area (Å²) in [5.41, 5.74) is 0. The first-order valence-corrected chi connectivity index (χ1v) is 2.85. The van der Waals surface area contributed by atoms with Gasteiger partial charge in [0.25, 0.3) is 6.26 Å². The molecule has 0 aliphatic heterocycles. The van der Waals surface area contributed by atoms with Crippen LogP contribution >= 0.6 is 0 Å². The highest BCUT2D eigenvalue weighted by atomic mass is 16.5. The molecule has 4 nitrogen and oxygen atoms in total. The average molecular weight is 141 g/mol. The number of Topliss-reactive ketones (excluding diaryl/α,β-unsaturated/α-hetero) is 1. The van der Waals surface area contributed by atoms with Crippen molar-refractivity contribution in [1.82, 2.24) is 0 Å². The molecule has 0 saturated heterocycles. The van der Waals surface area contributed by atoms with Gasteiger partial charge in [0.15, 0.2) is 0 Å². The van der Waals surface area contributed by atoms with Crippen LogP contribution in [0, 0.1) is 11.5 Å². The molecule has 0 aromatic rings. The van der Waals surface area contributed by atoms with Crippen LogP contribution in [0.3, 0.4) is 0 Å². The molecule has 0 atom stereocenters. The lowest BCUT2D eigenvalue weighted by Crippen LogP contribution is -2.14. The van der Waals surface area contributed by atoms with E-state index in [1.807, 2.05) is 0 Å². The Bertz CT molecular complexity index is 180. The van der Waals surface area contributed by atoms with Gasteiger partial charge in [-0.15, -0.1) is 5.26 Å². The van der Waals surface area contributed by atoms with Crippen LogP contribution in [0.4, 0.5) is 0 Å². The zero-order valence-corrected chi connectivity index (χ0v) is 5.59. The zero-order valence-electron chi connectivity index (χ0n) is 5.59. The topological polar surface area (TPSA) is 67.2 Å². The van der Waals surface area contributed by atoms with Crippen molar-refractivity contribution in [2.75, 3.05) is 0 Å². The maximum absolute atomic E-state index is 10.5. The molecule has 0 aromatic carbocycles. The van der Waals surface area contributed by atoms with E-state index in [9.17, 15) is 9.59 Å². The molecule has 4 heteroatoms. The molecule has 0 rings (SSSR count). The number of carbonyl (C=O) groups is 2. The molecule has 0 fully saturated rings. The summed E-state index contributed by atoms with van der Waals surface area (Å²) in [6.45, 7) is 1.76. The predicted molar refractivity (Wildman–Crippen MR) is 31.6 cm³/mol. The van der Waals surface area contributed by atoms with Gasteiger partial charge in [0.2, 0.25) is 5.78 Å². The van der Waals surface area contributed by atoms with Gasteiger partial charge in [0.05, 0.1) is 0 Å². The summed E-state index contributed by atoms with van der Waals surface area (Å²) in [4.78, 5) is 20.8. The van der Waals surface area contributed by atoms with Crippen LogP contribution in [0.15, 0.2) is 0 Å². The van der Waals surface area contributed by atoms with Crippen LogP contribution in [0.5, 0.6) is 0 Å². The van der Waals surface area contributed by atoms with Gasteiger partial charge in [-0.25, -0.2) is 4.79 Å². The first kappa shape index (κ1) is 8.63. The quantitative estimate of drug-likeness (QED) is 0.323. The smallest absolute Gasteiger partial charge is 0.345 e. The van der Waals surface area contributed by atoms with Crippen molar-refractivity contribution in [1.29, 1.82) is 5.26 Å². The van der Waals surface area contributed by atoms with Crippen LogP contribution < -0.4 is 0 Å². The molecule has 0 radical (unpaired) electrons. The standard InChI is InChI=1S/C6H7NO3/c1-2-3-5(8)6(9)10-4-7/h2-3H2,1H3. The lowest BCUT2D eigenvalue weighted by Gasteiger charge is -1.90. The largest absolute Gasteiger partial charge is 0.389 e. The summed E-state index contributed by atoms with van der Waals surface area (Å²) in [5.74, 6) is -1.71. The fraction of sp³-hybridized carbons (Fsp3) is 0.500. The third-order valence-corrected chi connectivity index (χ3v) is 0.843. The number of hydrogen-bond donors (Lipinski definition) is 0. The van der Waals surface area contributed by atoms with Crippen molar-refractivity contribution in [2.45, 2.75) is 19.8 Å². The number of hydrogen-bond acceptors (Lipinski definition) is 4. The van der Waals surface area contributed by atoms with Gasteiger partial charge in [0, 0.05) is 6.42 Å². The minimum atomic E-state index is -1.07. The summed E-state index contributed by atoms with van der Waals surface area (Å²) >= 11 is 0. The van der Waals surface area contributed by atoms with Crippen molar-refractivity contribution >= 4 is 11.8 Å². The number of ether oxygens (including phenoxy) is 1. The van der Waals surface area contributed by atoms with Crippen LogP contribution in [-0.4, -0.2) is 11.8 Å². The number of carbonyl (C=O) groups excluding carboxylic acids is 2. The van der Waals surface area contributed by atoms with E-state index in [2.05, 4.69) is 4.74 Å². The van der Waals surface area contributed by atoms with Gasteiger partial charge in [-0.05, 0) is 6.42 Å². The maximum Gasteiger partial charge on any atom is 0.389 e. The molecule has 0 bridgehead atoms. The van der Waals surface area contributed by atoms with Crippen LogP contribution in [0.2, 0.25) is 0 Å². The molecular weight excluding hydrogens is 134 g/mol. The Morgan fingerprint density at radius 3 is 2.60 bits per heavy atom. The minimum Gasteiger partial charge on any atom is -0.345 e. The summed E-state index contributed by atoms with van der Waals surface area (Å²) < 4.78 is 3.77. The second-order valence-corrected chi connectivity index (χ2v) is 1.65. The van der Waals surface area contributed by atoms with E-state index in [-0.39, 0.29) is 6.42 Å². The first-order chi connectivity index (χ1) is 4.72. The number of rotatable bonds is 3. The van der Waals surface area contributed by atoms with Gasteiger partial charge in [-0.2, -0.15) is 0 Å². The van der Waals surface area contributed by atoms with E-state index >= 15 is 0 Å². The summed E-state index contributed by atoms with van der Waals surface area (Å²) in [6, 6.07) is 0. The second kappa shape index (κ2) is 4.50. The Morgan fingerprint density at radius 1 is 1.60 bits per heavy atom. The van der Waals surface area contributed by atoms with E-state index in [0.717, 1.165) is 6.26 Å². The molecule has 0 unspecified atom stereocenters. The highest BCUT2D eigenvalue weighted by Crippen LogP contribution is 1.90. The van der Waals surface area contributed by atoms with Crippen LogP contribution in [0.1, 0.15) is 19.8 Å². The van der Waals surface area contributed by atoms with Gasteiger partial charge in [-0.1, -0.05) is 6.92 Å². The number of esters is 1. The van der Waals surface area contributed by atoms with E-state index in [1.165, 1.54) is 0 Å². The molecule has 0 aromatic heterocycles. The Balaban J connectivity index is 3.74. The SMILES string of the molecule is CCCC(=O)C(=O)OC#N.